The molecule has 1 heterocycles. The molecule has 0 spiro atoms. The van der Waals surface area contributed by atoms with Crippen molar-refractivity contribution in [1.29, 1.82) is 0 Å². The van der Waals surface area contributed by atoms with Crippen LogP contribution in [0.25, 0.3) is 0 Å². The largest absolute Gasteiger partial charge is 1.00 e. The number of benzene rings is 1. The molecule has 0 aliphatic carbocycles. The van der Waals surface area contributed by atoms with Crippen LogP contribution in [-0.2, 0) is 6.42 Å². The average Bonchev–Trinajstić information content (AvgIpc) is 3.04. The van der Waals surface area contributed by atoms with E-state index in [1.54, 1.807) is 0 Å². The highest BCUT2D eigenvalue weighted by atomic mass is 35.5. The Bertz CT molecular complexity index is 520. The number of aliphatic imine (C=N–C) groups is 1. The van der Waals surface area contributed by atoms with Crippen LogP contribution < -0.4 is 12.4 Å². The summed E-state index contributed by atoms with van der Waals surface area (Å²) in [7, 11) is 0. The van der Waals surface area contributed by atoms with Gasteiger partial charge in [-0.2, -0.15) is 0 Å². The normalized spacial score (nSPS) is 19.0. The van der Waals surface area contributed by atoms with Crippen LogP contribution in [0.3, 0.4) is 0 Å². The quantitative estimate of drug-likeness (QED) is 0.380. The first-order chi connectivity index (χ1) is 12.8. The van der Waals surface area contributed by atoms with Gasteiger partial charge in [0, 0.05) is 0 Å². The molecule has 1 aromatic carbocycles. The molecule has 2 rings (SSSR count). The standard InChI is InChI=1S/C23H39N2O.ClH/c1-2-3-4-5-6-7-8-9-13-17-25(19-20-26)18-16-24-23(25)21-22-14-11-10-12-15-22;/h10-12,14-15,26H,2-9,13,16-21H2,1H3;1H/q+1;/p-1. The molecular weight excluding hydrogens is 356 g/mol. The van der Waals surface area contributed by atoms with E-state index >= 15 is 0 Å². The van der Waals surface area contributed by atoms with Gasteiger partial charge in [-0.25, -0.2) is 4.99 Å². The topological polar surface area (TPSA) is 32.6 Å². The first-order valence-corrected chi connectivity index (χ1v) is 10.9. The van der Waals surface area contributed by atoms with Crippen molar-refractivity contribution in [3.63, 3.8) is 0 Å². The zero-order valence-corrected chi connectivity index (χ0v) is 18.0. The van der Waals surface area contributed by atoms with E-state index in [0.29, 0.717) is 0 Å². The highest BCUT2D eigenvalue weighted by Crippen LogP contribution is 2.21. The lowest BCUT2D eigenvalue weighted by atomic mass is 10.1. The van der Waals surface area contributed by atoms with Crippen molar-refractivity contribution in [3.8, 4) is 0 Å². The number of aliphatic hydroxyl groups excluding tert-OH is 1. The molecule has 4 heteroatoms. The fourth-order valence-electron chi connectivity index (χ4n) is 4.16. The van der Waals surface area contributed by atoms with E-state index in [0.717, 1.165) is 37.1 Å². The number of quaternary nitrogens is 1. The number of halogens is 1. The molecule has 0 fully saturated rings. The number of aliphatic hydroxyl groups is 1. The Kier molecular flexibility index (Phi) is 12.6. The van der Waals surface area contributed by atoms with Crippen LogP contribution in [0.2, 0.25) is 0 Å². The minimum atomic E-state index is 0. The van der Waals surface area contributed by atoms with E-state index < -0.39 is 0 Å². The molecule has 0 radical (unpaired) electrons. The van der Waals surface area contributed by atoms with E-state index in [2.05, 4.69) is 37.3 Å². The summed E-state index contributed by atoms with van der Waals surface area (Å²) in [6.45, 7) is 6.48. The van der Waals surface area contributed by atoms with Crippen LogP contribution in [0, 0.1) is 0 Å². The van der Waals surface area contributed by atoms with E-state index in [1.807, 2.05) is 0 Å². The average molecular weight is 395 g/mol. The predicted molar refractivity (Wildman–Crippen MR) is 112 cm³/mol. The SMILES string of the molecule is CCCCCCCCCCC[N+]1(CCO)CCN=C1Cc1ccccc1.[Cl-]. The van der Waals surface area contributed by atoms with Crippen molar-refractivity contribution in [1.82, 2.24) is 0 Å². The van der Waals surface area contributed by atoms with E-state index in [9.17, 15) is 5.11 Å². The monoisotopic (exact) mass is 394 g/mol. The highest BCUT2D eigenvalue weighted by Gasteiger charge is 2.36. The van der Waals surface area contributed by atoms with Gasteiger partial charge in [-0.1, -0.05) is 82.2 Å². The van der Waals surface area contributed by atoms with Gasteiger partial charge in [0.05, 0.1) is 26.1 Å². The van der Waals surface area contributed by atoms with Crippen molar-refractivity contribution in [3.05, 3.63) is 35.9 Å². The van der Waals surface area contributed by atoms with E-state index in [4.69, 9.17) is 4.99 Å². The summed E-state index contributed by atoms with van der Waals surface area (Å²) >= 11 is 0. The summed E-state index contributed by atoms with van der Waals surface area (Å²) < 4.78 is 0.919. The second-order valence-electron chi connectivity index (χ2n) is 7.83. The van der Waals surface area contributed by atoms with Crippen molar-refractivity contribution in [2.24, 2.45) is 4.99 Å². The molecular formula is C23H39ClN2O. The molecule has 3 nitrogen and oxygen atoms in total. The van der Waals surface area contributed by atoms with Crippen LogP contribution in [-0.4, -0.2) is 48.2 Å². The fourth-order valence-corrected chi connectivity index (χ4v) is 4.16. The van der Waals surface area contributed by atoms with Gasteiger partial charge in [0.1, 0.15) is 13.1 Å². The van der Waals surface area contributed by atoms with E-state index in [1.165, 1.54) is 69.2 Å². The minimum absolute atomic E-state index is 0. The summed E-state index contributed by atoms with van der Waals surface area (Å²) in [6.07, 6.45) is 13.2. The molecule has 0 saturated carbocycles. The number of hydrogen-bond donors (Lipinski definition) is 1. The lowest BCUT2D eigenvalue weighted by molar-refractivity contribution is -0.837. The number of unbranched alkanes of at least 4 members (excludes halogenated alkanes) is 8. The van der Waals surface area contributed by atoms with Gasteiger partial charge < -0.3 is 17.5 Å². The summed E-state index contributed by atoms with van der Waals surface area (Å²) in [4.78, 5) is 4.84. The number of rotatable bonds is 14. The van der Waals surface area contributed by atoms with Crippen molar-refractivity contribution in [2.45, 2.75) is 71.1 Å². The first kappa shape index (κ1) is 24.1. The Hall–Kier alpha value is -0.900. The number of hydrogen-bond acceptors (Lipinski definition) is 2. The molecule has 154 valence electrons. The molecule has 0 saturated heterocycles. The molecule has 1 aliphatic heterocycles. The molecule has 1 aromatic rings. The van der Waals surface area contributed by atoms with Gasteiger partial charge in [0.25, 0.3) is 0 Å². The first-order valence-electron chi connectivity index (χ1n) is 10.9. The molecule has 27 heavy (non-hydrogen) atoms. The Labute approximate surface area is 172 Å². The van der Waals surface area contributed by atoms with Gasteiger partial charge in [-0.05, 0) is 18.4 Å². The third-order valence-corrected chi connectivity index (χ3v) is 5.79. The van der Waals surface area contributed by atoms with Gasteiger partial charge >= 0.3 is 0 Å². The zero-order chi connectivity index (χ0) is 18.5. The van der Waals surface area contributed by atoms with Crippen LogP contribution >= 0.6 is 0 Å². The van der Waals surface area contributed by atoms with Crippen LogP contribution in [0.1, 0.15) is 70.3 Å². The lowest BCUT2D eigenvalue weighted by Gasteiger charge is -2.34. The maximum atomic E-state index is 9.65. The molecule has 1 atom stereocenters. The van der Waals surface area contributed by atoms with Crippen molar-refractivity contribution in [2.75, 3.05) is 32.8 Å². The van der Waals surface area contributed by atoms with Crippen molar-refractivity contribution >= 4 is 5.84 Å². The Morgan fingerprint density at radius 3 is 2.15 bits per heavy atom. The molecule has 1 unspecified atom stereocenters. The van der Waals surface area contributed by atoms with Gasteiger partial charge in [-0.15, -0.1) is 0 Å². The number of nitrogens with zero attached hydrogens (tertiary/aromatic N) is 2. The third-order valence-electron chi connectivity index (χ3n) is 5.79. The van der Waals surface area contributed by atoms with E-state index in [-0.39, 0.29) is 19.0 Å². The lowest BCUT2D eigenvalue weighted by Crippen LogP contribution is -3.00. The predicted octanol–water partition coefficient (Wildman–Crippen LogP) is 1.99. The maximum absolute atomic E-state index is 9.65. The molecule has 1 aliphatic rings. The Balaban J connectivity index is 0.00000364. The molecule has 1 N–H and O–H groups in total. The Morgan fingerprint density at radius 1 is 0.889 bits per heavy atom. The summed E-state index contributed by atoms with van der Waals surface area (Å²) in [5.41, 5.74) is 1.33. The fraction of sp³-hybridized carbons (Fsp3) is 0.696. The summed E-state index contributed by atoms with van der Waals surface area (Å²) in [6, 6.07) is 10.6. The summed E-state index contributed by atoms with van der Waals surface area (Å²) in [5, 5.41) is 9.65. The van der Waals surface area contributed by atoms with Crippen LogP contribution in [0.4, 0.5) is 0 Å². The second-order valence-corrected chi connectivity index (χ2v) is 7.83. The smallest absolute Gasteiger partial charge is 0.202 e. The molecule has 0 aromatic heterocycles. The van der Waals surface area contributed by atoms with Crippen LogP contribution in [0.5, 0.6) is 0 Å². The van der Waals surface area contributed by atoms with Gasteiger partial charge in [0.2, 0.25) is 5.84 Å². The molecule has 0 bridgehead atoms. The minimum Gasteiger partial charge on any atom is -1.00 e. The van der Waals surface area contributed by atoms with Crippen molar-refractivity contribution < 1.29 is 22.0 Å². The Morgan fingerprint density at radius 2 is 1.52 bits per heavy atom. The summed E-state index contributed by atoms with van der Waals surface area (Å²) in [5.74, 6) is 1.28. The second kappa shape index (κ2) is 14.1. The third kappa shape index (κ3) is 8.33. The van der Waals surface area contributed by atoms with Gasteiger partial charge in [-0.3, -0.25) is 4.48 Å². The number of amidine groups is 1. The molecule has 0 amide bonds. The van der Waals surface area contributed by atoms with Gasteiger partial charge in [0.15, 0.2) is 0 Å². The van der Waals surface area contributed by atoms with Crippen LogP contribution in [0.15, 0.2) is 35.3 Å². The zero-order valence-electron chi connectivity index (χ0n) is 17.2. The highest BCUT2D eigenvalue weighted by molar-refractivity contribution is 5.79. The maximum Gasteiger partial charge on any atom is 0.202 e.